The highest BCUT2D eigenvalue weighted by Gasteiger charge is 2.43. The molecule has 2 aromatic carbocycles. The Morgan fingerprint density at radius 1 is 1.05 bits per heavy atom. The number of ether oxygens (including phenoxy) is 2. The van der Waals surface area contributed by atoms with Crippen molar-refractivity contribution in [2.24, 2.45) is 0 Å². The van der Waals surface area contributed by atoms with Gasteiger partial charge in [-0.2, -0.15) is 0 Å². The lowest BCUT2D eigenvalue weighted by atomic mass is 10.1. The summed E-state index contributed by atoms with van der Waals surface area (Å²) >= 11 is 3.42. The molecular formula is C15H15BrO5. The van der Waals surface area contributed by atoms with Gasteiger partial charge in [-0.05, 0) is 35.0 Å². The fourth-order valence-corrected chi connectivity index (χ4v) is 2.74. The van der Waals surface area contributed by atoms with Crippen LogP contribution < -0.4 is 4.74 Å². The maximum atomic E-state index is 9.85. The van der Waals surface area contributed by atoms with Crippen LogP contribution in [-0.2, 0) is 4.74 Å². The molecule has 1 aliphatic heterocycles. The number of halogens is 1. The predicted molar refractivity (Wildman–Crippen MR) is 80.0 cm³/mol. The monoisotopic (exact) mass is 354 g/mol. The molecule has 0 unspecified atom stereocenters. The average molecular weight is 355 g/mol. The van der Waals surface area contributed by atoms with Crippen LogP contribution in [0.1, 0.15) is 0 Å². The lowest BCUT2D eigenvalue weighted by molar-refractivity contribution is -0.116. The molecule has 1 fully saturated rings. The molecule has 0 radical (unpaired) electrons. The number of aliphatic hydroxyl groups is 3. The van der Waals surface area contributed by atoms with Crippen LogP contribution in [0.2, 0.25) is 0 Å². The van der Waals surface area contributed by atoms with Gasteiger partial charge in [-0.25, -0.2) is 0 Å². The van der Waals surface area contributed by atoms with Crippen molar-refractivity contribution in [1.82, 2.24) is 0 Å². The summed E-state index contributed by atoms with van der Waals surface area (Å²) in [7, 11) is 0. The van der Waals surface area contributed by atoms with E-state index in [1.54, 1.807) is 6.07 Å². The van der Waals surface area contributed by atoms with Crippen LogP contribution in [0, 0.1) is 0 Å². The van der Waals surface area contributed by atoms with E-state index in [1.165, 1.54) is 0 Å². The fraction of sp³-hybridized carbons (Fsp3) is 0.333. The molecule has 1 heterocycles. The maximum absolute atomic E-state index is 9.85. The summed E-state index contributed by atoms with van der Waals surface area (Å²) in [4.78, 5) is 0. The standard InChI is InChI=1S/C15H15BrO5/c16-10-3-1-9-6-11(4-2-8(9)5-10)20-15-14(19)13(18)12(7-17)21-15/h1-6,12-15,17-19H,7H2/t12-,13+,14-,15+/m0/s1. The van der Waals surface area contributed by atoms with Crippen LogP contribution in [0.5, 0.6) is 5.75 Å². The van der Waals surface area contributed by atoms with Crippen LogP contribution in [0.15, 0.2) is 40.9 Å². The van der Waals surface area contributed by atoms with E-state index in [-0.39, 0.29) is 6.61 Å². The van der Waals surface area contributed by atoms with Gasteiger partial charge in [0.2, 0.25) is 6.29 Å². The van der Waals surface area contributed by atoms with Gasteiger partial charge in [0.25, 0.3) is 0 Å². The Hall–Kier alpha value is -1.18. The molecule has 0 aliphatic carbocycles. The summed E-state index contributed by atoms with van der Waals surface area (Å²) in [5.41, 5.74) is 0. The minimum atomic E-state index is -1.19. The summed E-state index contributed by atoms with van der Waals surface area (Å²) in [6.07, 6.45) is -4.18. The van der Waals surface area contributed by atoms with Crippen molar-refractivity contribution in [3.63, 3.8) is 0 Å². The van der Waals surface area contributed by atoms with Crippen molar-refractivity contribution in [3.8, 4) is 5.75 Å². The predicted octanol–water partition coefficient (Wildman–Crippen LogP) is 1.42. The highest BCUT2D eigenvalue weighted by Crippen LogP contribution is 2.28. The molecule has 4 atom stereocenters. The average Bonchev–Trinajstić information content (AvgIpc) is 2.75. The van der Waals surface area contributed by atoms with Gasteiger partial charge in [0.05, 0.1) is 6.61 Å². The van der Waals surface area contributed by atoms with E-state index in [1.807, 2.05) is 30.3 Å². The largest absolute Gasteiger partial charge is 0.462 e. The van der Waals surface area contributed by atoms with Gasteiger partial charge in [-0.1, -0.05) is 28.1 Å². The van der Waals surface area contributed by atoms with Crippen LogP contribution in [-0.4, -0.2) is 46.5 Å². The Balaban J connectivity index is 1.80. The quantitative estimate of drug-likeness (QED) is 0.776. The molecule has 6 heteroatoms. The number of hydrogen-bond donors (Lipinski definition) is 3. The summed E-state index contributed by atoms with van der Waals surface area (Å²) in [5.74, 6) is 0.527. The van der Waals surface area contributed by atoms with Gasteiger partial charge < -0.3 is 24.8 Å². The number of hydrogen-bond acceptors (Lipinski definition) is 5. The van der Waals surface area contributed by atoms with E-state index in [0.717, 1.165) is 15.2 Å². The second-order valence-electron chi connectivity index (χ2n) is 4.98. The number of fused-ring (bicyclic) bond motifs is 1. The molecule has 0 spiro atoms. The Bertz CT molecular complexity index is 647. The molecule has 1 aliphatic rings. The van der Waals surface area contributed by atoms with Gasteiger partial charge in [-0.15, -0.1) is 0 Å². The third-order valence-corrected chi connectivity index (χ3v) is 4.02. The van der Waals surface area contributed by atoms with E-state index in [2.05, 4.69) is 15.9 Å². The molecule has 0 amide bonds. The third-order valence-electron chi connectivity index (χ3n) is 3.52. The smallest absolute Gasteiger partial charge is 0.229 e. The Morgan fingerprint density at radius 3 is 2.48 bits per heavy atom. The number of rotatable bonds is 3. The molecule has 21 heavy (non-hydrogen) atoms. The molecule has 0 bridgehead atoms. The molecule has 112 valence electrons. The highest BCUT2D eigenvalue weighted by molar-refractivity contribution is 9.10. The van der Waals surface area contributed by atoms with Gasteiger partial charge in [-0.3, -0.25) is 0 Å². The first kappa shape index (κ1) is 14.7. The van der Waals surface area contributed by atoms with E-state index in [0.29, 0.717) is 5.75 Å². The third kappa shape index (κ3) is 2.90. The molecule has 3 N–H and O–H groups in total. The van der Waals surface area contributed by atoms with Crippen LogP contribution >= 0.6 is 15.9 Å². The van der Waals surface area contributed by atoms with Crippen molar-refractivity contribution in [2.75, 3.05) is 6.61 Å². The van der Waals surface area contributed by atoms with E-state index >= 15 is 0 Å². The molecule has 0 aromatic heterocycles. The maximum Gasteiger partial charge on any atom is 0.229 e. The lowest BCUT2D eigenvalue weighted by Gasteiger charge is -2.17. The fourth-order valence-electron chi connectivity index (χ4n) is 2.36. The van der Waals surface area contributed by atoms with Gasteiger partial charge in [0, 0.05) is 4.47 Å². The minimum absolute atomic E-state index is 0.371. The van der Waals surface area contributed by atoms with E-state index in [4.69, 9.17) is 14.6 Å². The minimum Gasteiger partial charge on any atom is -0.462 e. The normalized spacial score (nSPS) is 29.0. The van der Waals surface area contributed by atoms with Crippen LogP contribution in [0.3, 0.4) is 0 Å². The lowest BCUT2D eigenvalue weighted by Crippen LogP contribution is -2.35. The number of aliphatic hydroxyl groups excluding tert-OH is 3. The first-order chi connectivity index (χ1) is 10.1. The van der Waals surface area contributed by atoms with E-state index in [9.17, 15) is 10.2 Å². The molecular weight excluding hydrogens is 340 g/mol. The van der Waals surface area contributed by atoms with Crippen LogP contribution in [0.25, 0.3) is 10.8 Å². The molecule has 5 nitrogen and oxygen atoms in total. The Morgan fingerprint density at radius 2 is 1.76 bits per heavy atom. The molecule has 3 rings (SSSR count). The van der Waals surface area contributed by atoms with Gasteiger partial charge in [0.1, 0.15) is 24.1 Å². The van der Waals surface area contributed by atoms with Gasteiger partial charge >= 0.3 is 0 Å². The first-order valence-corrected chi connectivity index (χ1v) is 7.36. The van der Waals surface area contributed by atoms with Crippen molar-refractivity contribution in [1.29, 1.82) is 0 Å². The Kier molecular flexibility index (Phi) is 4.14. The highest BCUT2D eigenvalue weighted by atomic mass is 79.9. The topological polar surface area (TPSA) is 79.2 Å². The van der Waals surface area contributed by atoms with Crippen molar-refractivity contribution < 1.29 is 24.8 Å². The molecule has 2 aromatic rings. The summed E-state index contributed by atoms with van der Waals surface area (Å²) in [6, 6.07) is 11.4. The molecule has 1 saturated heterocycles. The SMILES string of the molecule is OC[C@@H]1O[C@@H](Oc2ccc3cc(Br)ccc3c2)[C@@H](O)[C@@H]1O. The Labute approximate surface area is 129 Å². The van der Waals surface area contributed by atoms with E-state index < -0.39 is 24.6 Å². The zero-order valence-corrected chi connectivity index (χ0v) is 12.6. The number of benzene rings is 2. The van der Waals surface area contributed by atoms with Crippen molar-refractivity contribution in [3.05, 3.63) is 40.9 Å². The zero-order valence-electron chi connectivity index (χ0n) is 11.0. The van der Waals surface area contributed by atoms with Gasteiger partial charge in [0.15, 0.2) is 0 Å². The zero-order chi connectivity index (χ0) is 15.0. The summed E-state index contributed by atoms with van der Waals surface area (Å²) < 4.78 is 11.9. The van der Waals surface area contributed by atoms with Crippen molar-refractivity contribution in [2.45, 2.75) is 24.6 Å². The summed E-state index contributed by atoms with van der Waals surface area (Å²) in [5, 5.41) is 30.6. The van der Waals surface area contributed by atoms with Crippen LogP contribution in [0.4, 0.5) is 0 Å². The first-order valence-electron chi connectivity index (χ1n) is 6.57. The van der Waals surface area contributed by atoms with Crippen molar-refractivity contribution >= 4 is 26.7 Å². The second-order valence-corrected chi connectivity index (χ2v) is 5.89. The molecule has 0 saturated carbocycles. The second kappa shape index (κ2) is 5.90. The summed E-state index contributed by atoms with van der Waals surface area (Å²) in [6.45, 7) is -0.371.